The molecule has 0 unspecified atom stereocenters. The number of amides is 3. The van der Waals surface area contributed by atoms with Gasteiger partial charge in [-0.3, -0.25) is 19.7 Å². The molecule has 3 amide bonds. The molecule has 0 bridgehead atoms. The van der Waals surface area contributed by atoms with E-state index in [2.05, 4.69) is 5.32 Å². The summed E-state index contributed by atoms with van der Waals surface area (Å²) in [6.45, 7) is -0.935. The summed E-state index contributed by atoms with van der Waals surface area (Å²) in [5.74, 6) is -1.76. The zero-order valence-electron chi connectivity index (χ0n) is 11.1. The molecule has 0 aromatic carbocycles. The van der Waals surface area contributed by atoms with Crippen molar-refractivity contribution in [2.24, 2.45) is 0 Å². The van der Waals surface area contributed by atoms with Gasteiger partial charge in [0.25, 0.3) is 10.0 Å². The molecule has 1 saturated heterocycles. The van der Waals surface area contributed by atoms with Gasteiger partial charge in [0.2, 0.25) is 17.7 Å². The monoisotopic (exact) mass is 331 g/mol. The summed E-state index contributed by atoms with van der Waals surface area (Å²) in [7, 11) is -2.46. The van der Waals surface area contributed by atoms with E-state index in [0.29, 0.717) is 0 Å². The van der Waals surface area contributed by atoms with Crippen molar-refractivity contribution in [1.82, 2.24) is 14.5 Å². The second kappa shape index (κ2) is 5.92. The number of carbonyl (C=O) groups excluding carboxylic acids is 3. The van der Waals surface area contributed by atoms with Crippen molar-refractivity contribution in [1.29, 1.82) is 0 Å². The number of imide groups is 1. The minimum Gasteiger partial charge on any atom is -0.323 e. The summed E-state index contributed by atoms with van der Waals surface area (Å²) in [4.78, 5) is 35.4. The molecule has 10 heteroatoms. The summed E-state index contributed by atoms with van der Waals surface area (Å²) >= 11 is 1.05. The molecule has 21 heavy (non-hydrogen) atoms. The summed E-state index contributed by atoms with van der Waals surface area (Å²) < 4.78 is 25.3. The maximum atomic E-state index is 12.2. The molecule has 114 valence electrons. The van der Waals surface area contributed by atoms with E-state index in [1.165, 1.54) is 13.1 Å². The highest BCUT2D eigenvalue weighted by Gasteiger charge is 2.30. The Balaban J connectivity index is 2.06. The maximum absolute atomic E-state index is 12.2. The number of sulfonamides is 1. The van der Waals surface area contributed by atoms with Gasteiger partial charge in [0, 0.05) is 7.05 Å². The lowest BCUT2D eigenvalue weighted by molar-refractivity contribution is -0.145. The van der Waals surface area contributed by atoms with E-state index in [9.17, 15) is 22.8 Å². The standard InChI is InChI=1S/C11H13N3O5S2/c1-13(21(18,19)11-3-2-4-20-11)7-10(17)14-5-8(15)12-9(16)6-14/h2-4H,5-7H2,1H3,(H,12,15,16). The van der Waals surface area contributed by atoms with E-state index in [0.717, 1.165) is 20.5 Å². The van der Waals surface area contributed by atoms with Crippen LogP contribution in [0, 0.1) is 0 Å². The lowest BCUT2D eigenvalue weighted by Gasteiger charge is -2.27. The number of piperazine rings is 1. The van der Waals surface area contributed by atoms with Gasteiger partial charge in [0.05, 0.1) is 6.54 Å². The molecule has 8 nitrogen and oxygen atoms in total. The molecule has 1 aliphatic heterocycles. The van der Waals surface area contributed by atoms with Gasteiger partial charge in [-0.05, 0) is 11.4 Å². The molecule has 1 N–H and O–H groups in total. The summed E-state index contributed by atoms with van der Waals surface area (Å²) in [5.41, 5.74) is 0. The van der Waals surface area contributed by atoms with Crippen molar-refractivity contribution >= 4 is 39.1 Å². The molecule has 0 saturated carbocycles. The van der Waals surface area contributed by atoms with E-state index in [4.69, 9.17) is 0 Å². The maximum Gasteiger partial charge on any atom is 0.252 e. The van der Waals surface area contributed by atoms with Crippen molar-refractivity contribution in [3.63, 3.8) is 0 Å². The Morgan fingerprint density at radius 1 is 1.38 bits per heavy atom. The molecule has 0 radical (unpaired) electrons. The normalized spacial score (nSPS) is 16.2. The second-order valence-electron chi connectivity index (χ2n) is 4.41. The molecule has 2 heterocycles. The van der Waals surface area contributed by atoms with Crippen LogP contribution in [0.4, 0.5) is 0 Å². The van der Waals surface area contributed by atoms with Gasteiger partial charge in [-0.15, -0.1) is 11.3 Å². The third-order valence-corrected chi connectivity index (χ3v) is 5.99. The molecule has 2 rings (SSSR count). The Morgan fingerprint density at radius 3 is 2.52 bits per heavy atom. The minimum absolute atomic E-state index is 0.130. The smallest absolute Gasteiger partial charge is 0.252 e. The molecule has 1 aromatic heterocycles. The highest BCUT2D eigenvalue weighted by Crippen LogP contribution is 2.19. The van der Waals surface area contributed by atoms with Gasteiger partial charge in [0.15, 0.2) is 0 Å². The zero-order chi connectivity index (χ0) is 15.6. The molecule has 1 aliphatic rings. The Hall–Kier alpha value is -1.78. The van der Waals surface area contributed by atoms with Crippen LogP contribution in [0.2, 0.25) is 0 Å². The zero-order valence-corrected chi connectivity index (χ0v) is 12.7. The van der Waals surface area contributed by atoms with Crippen LogP contribution in [0.3, 0.4) is 0 Å². The van der Waals surface area contributed by atoms with Crippen LogP contribution >= 0.6 is 11.3 Å². The number of carbonyl (C=O) groups is 3. The Labute approximate surface area is 125 Å². The summed E-state index contributed by atoms with van der Waals surface area (Å²) in [6.07, 6.45) is 0. The first kappa shape index (κ1) is 15.6. The fourth-order valence-corrected chi connectivity index (χ4v) is 4.07. The summed E-state index contributed by atoms with van der Waals surface area (Å²) in [6, 6.07) is 3.04. The Bertz CT molecular complexity index is 652. The highest BCUT2D eigenvalue weighted by atomic mass is 32.2. The van der Waals surface area contributed by atoms with Gasteiger partial charge >= 0.3 is 0 Å². The quantitative estimate of drug-likeness (QED) is 0.702. The number of likely N-dealkylation sites (N-methyl/N-ethyl adjacent to an activating group) is 1. The third-order valence-electron chi connectivity index (χ3n) is 2.82. The van der Waals surface area contributed by atoms with E-state index >= 15 is 0 Å². The van der Waals surface area contributed by atoms with E-state index in [1.54, 1.807) is 11.4 Å². The fraction of sp³-hybridized carbons (Fsp3) is 0.364. The fourth-order valence-electron chi connectivity index (χ4n) is 1.75. The van der Waals surface area contributed by atoms with Gasteiger partial charge in [-0.2, -0.15) is 4.31 Å². The number of hydrogen-bond donors (Lipinski definition) is 1. The number of rotatable bonds is 4. The van der Waals surface area contributed by atoms with Crippen LogP contribution in [-0.4, -0.2) is 62.0 Å². The van der Waals surface area contributed by atoms with E-state index in [-0.39, 0.29) is 17.3 Å². The van der Waals surface area contributed by atoms with E-state index in [1.807, 2.05) is 0 Å². The SMILES string of the molecule is CN(CC(=O)N1CC(=O)NC(=O)C1)S(=O)(=O)c1cccs1. The average molecular weight is 331 g/mol. The van der Waals surface area contributed by atoms with Crippen molar-refractivity contribution in [2.45, 2.75) is 4.21 Å². The lowest BCUT2D eigenvalue weighted by atomic mass is 10.3. The van der Waals surface area contributed by atoms with Gasteiger partial charge in [-0.25, -0.2) is 8.42 Å². The third kappa shape index (κ3) is 3.46. The van der Waals surface area contributed by atoms with Gasteiger partial charge < -0.3 is 4.90 Å². The van der Waals surface area contributed by atoms with Gasteiger partial charge in [-0.1, -0.05) is 6.07 Å². The molecular weight excluding hydrogens is 318 g/mol. The van der Waals surface area contributed by atoms with Crippen molar-refractivity contribution in [3.8, 4) is 0 Å². The predicted octanol–water partition coefficient (Wildman–Crippen LogP) is -1.15. The van der Waals surface area contributed by atoms with Crippen LogP contribution in [0.15, 0.2) is 21.7 Å². The topological polar surface area (TPSA) is 104 Å². The molecular formula is C11H13N3O5S2. The molecule has 0 atom stereocenters. The molecule has 1 fully saturated rings. The highest BCUT2D eigenvalue weighted by molar-refractivity contribution is 7.91. The van der Waals surface area contributed by atoms with Crippen LogP contribution < -0.4 is 5.32 Å². The largest absolute Gasteiger partial charge is 0.323 e. The number of hydrogen-bond acceptors (Lipinski definition) is 6. The Morgan fingerprint density at radius 2 is 2.00 bits per heavy atom. The number of nitrogens with one attached hydrogen (secondary N) is 1. The molecule has 0 aliphatic carbocycles. The minimum atomic E-state index is -3.74. The van der Waals surface area contributed by atoms with E-state index < -0.39 is 34.3 Å². The van der Waals surface area contributed by atoms with Crippen LogP contribution in [0.1, 0.15) is 0 Å². The first-order valence-electron chi connectivity index (χ1n) is 5.91. The molecule has 1 aromatic rings. The van der Waals surface area contributed by atoms with Crippen LogP contribution in [0.25, 0.3) is 0 Å². The predicted molar refractivity (Wildman–Crippen MR) is 73.9 cm³/mol. The van der Waals surface area contributed by atoms with Crippen LogP contribution in [-0.2, 0) is 24.4 Å². The summed E-state index contributed by atoms with van der Waals surface area (Å²) in [5, 5.41) is 3.69. The average Bonchev–Trinajstić information content (AvgIpc) is 2.91. The number of nitrogens with zero attached hydrogens (tertiary/aromatic N) is 2. The first-order valence-corrected chi connectivity index (χ1v) is 8.23. The Kier molecular flexibility index (Phi) is 4.40. The van der Waals surface area contributed by atoms with Crippen molar-refractivity contribution < 1.29 is 22.8 Å². The van der Waals surface area contributed by atoms with Crippen molar-refractivity contribution in [3.05, 3.63) is 17.5 Å². The lowest BCUT2D eigenvalue weighted by Crippen LogP contribution is -2.55. The molecule has 0 spiro atoms. The number of thiophene rings is 1. The second-order valence-corrected chi connectivity index (χ2v) is 7.63. The first-order chi connectivity index (χ1) is 9.80. The van der Waals surface area contributed by atoms with Gasteiger partial charge in [0.1, 0.15) is 17.3 Å². The van der Waals surface area contributed by atoms with Crippen molar-refractivity contribution in [2.75, 3.05) is 26.7 Å². The van der Waals surface area contributed by atoms with Crippen LogP contribution in [0.5, 0.6) is 0 Å².